The number of carbonyl (C=O) groups excluding carboxylic acids is 1. The molecule has 0 saturated carbocycles. The fraction of sp³-hybridized carbons (Fsp3) is 0.875. The fourth-order valence-electron chi connectivity index (χ4n) is 0.866. The molecule has 72 valence electrons. The van der Waals surface area contributed by atoms with Crippen molar-refractivity contribution in [2.45, 2.75) is 19.9 Å². The topological polar surface area (TPSA) is 41.1 Å². The Labute approximate surface area is 78.7 Å². The van der Waals surface area contributed by atoms with Gasteiger partial charge in [-0.2, -0.15) is 11.8 Å². The summed E-state index contributed by atoms with van der Waals surface area (Å²) in [5.74, 6) is 1.15. The first-order valence-electron chi connectivity index (χ1n) is 4.13. The van der Waals surface area contributed by atoms with Gasteiger partial charge in [0, 0.05) is 31.8 Å². The van der Waals surface area contributed by atoms with Crippen LogP contribution in [0.1, 0.15) is 13.8 Å². The molecule has 0 aromatic carbocycles. The number of amides is 1. The Morgan fingerprint density at radius 1 is 1.50 bits per heavy atom. The van der Waals surface area contributed by atoms with Gasteiger partial charge in [0.15, 0.2) is 0 Å². The number of nitrogens with one attached hydrogen (secondary N) is 2. The third-order valence-electron chi connectivity index (χ3n) is 1.41. The molecule has 0 radical (unpaired) electrons. The summed E-state index contributed by atoms with van der Waals surface area (Å²) in [6.45, 7) is 5.24. The summed E-state index contributed by atoms with van der Waals surface area (Å²) < 4.78 is 0. The van der Waals surface area contributed by atoms with E-state index < -0.39 is 0 Å². The Balaban J connectivity index is 3.13. The molecule has 0 heterocycles. The van der Waals surface area contributed by atoms with E-state index in [1.807, 2.05) is 11.8 Å². The predicted octanol–water partition coefficient (Wildman–Crippen LogP) is 0.464. The molecule has 0 aliphatic heterocycles. The van der Waals surface area contributed by atoms with E-state index in [9.17, 15) is 4.79 Å². The number of thioether (sulfide) groups is 1. The summed E-state index contributed by atoms with van der Waals surface area (Å²) in [4.78, 5) is 10.5. The first kappa shape index (κ1) is 11.8. The van der Waals surface area contributed by atoms with Crippen LogP contribution in [-0.2, 0) is 4.79 Å². The van der Waals surface area contributed by atoms with Crippen molar-refractivity contribution in [3.63, 3.8) is 0 Å². The van der Waals surface area contributed by atoms with Gasteiger partial charge in [-0.1, -0.05) is 0 Å². The molecule has 1 atom stereocenters. The highest BCUT2D eigenvalue weighted by atomic mass is 32.2. The summed E-state index contributed by atoms with van der Waals surface area (Å²) in [6.07, 6.45) is 2.09. The summed E-state index contributed by atoms with van der Waals surface area (Å²) in [6, 6.07) is 0.522. The smallest absolute Gasteiger partial charge is 0.216 e. The van der Waals surface area contributed by atoms with Crippen molar-refractivity contribution in [2.75, 3.05) is 25.1 Å². The predicted molar refractivity (Wildman–Crippen MR) is 54.5 cm³/mol. The zero-order valence-corrected chi connectivity index (χ0v) is 8.83. The highest BCUT2D eigenvalue weighted by molar-refractivity contribution is 7.98. The number of hydrogen-bond acceptors (Lipinski definition) is 3. The van der Waals surface area contributed by atoms with Gasteiger partial charge in [0.05, 0.1) is 0 Å². The van der Waals surface area contributed by atoms with E-state index in [-0.39, 0.29) is 5.91 Å². The van der Waals surface area contributed by atoms with Crippen LogP contribution in [0.5, 0.6) is 0 Å². The average Bonchev–Trinajstić information content (AvgIpc) is 1.98. The van der Waals surface area contributed by atoms with Crippen molar-refractivity contribution in [3.05, 3.63) is 0 Å². The van der Waals surface area contributed by atoms with Crippen molar-refractivity contribution >= 4 is 17.7 Å². The molecular weight excluding hydrogens is 172 g/mol. The molecule has 0 aliphatic rings. The minimum absolute atomic E-state index is 0.0364. The van der Waals surface area contributed by atoms with Crippen LogP contribution in [0.4, 0.5) is 0 Å². The van der Waals surface area contributed by atoms with E-state index in [0.717, 1.165) is 12.3 Å². The zero-order chi connectivity index (χ0) is 9.40. The van der Waals surface area contributed by atoms with E-state index in [1.165, 1.54) is 6.92 Å². The van der Waals surface area contributed by atoms with Gasteiger partial charge in [0.25, 0.3) is 0 Å². The summed E-state index contributed by atoms with van der Waals surface area (Å²) >= 11 is 1.82. The standard InChI is InChI=1S/C8H18N2OS/c1-7(6-12-3)9-4-5-10-8(2)11/h7,9H,4-6H2,1-3H3,(H,10,11). The van der Waals surface area contributed by atoms with Crippen molar-refractivity contribution in [3.8, 4) is 0 Å². The van der Waals surface area contributed by atoms with Crippen molar-refractivity contribution in [1.29, 1.82) is 0 Å². The molecule has 0 spiro atoms. The zero-order valence-electron chi connectivity index (χ0n) is 8.02. The summed E-state index contributed by atoms with van der Waals surface area (Å²) in [5, 5.41) is 6.04. The molecule has 0 aromatic rings. The van der Waals surface area contributed by atoms with Crippen LogP contribution in [0.2, 0.25) is 0 Å². The third-order valence-corrected chi connectivity index (χ3v) is 2.24. The second-order valence-electron chi connectivity index (χ2n) is 2.79. The van der Waals surface area contributed by atoms with Crippen LogP contribution in [0, 0.1) is 0 Å². The minimum atomic E-state index is 0.0364. The van der Waals surface area contributed by atoms with Crippen LogP contribution in [0.25, 0.3) is 0 Å². The second-order valence-corrected chi connectivity index (χ2v) is 3.70. The molecule has 1 unspecified atom stereocenters. The highest BCUT2D eigenvalue weighted by Crippen LogP contribution is 1.94. The Bertz CT molecular complexity index is 130. The van der Waals surface area contributed by atoms with Crippen LogP contribution >= 0.6 is 11.8 Å². The van der Waals surface area contributed by atoms with Gasteiger partial charge in [-0.25, -0.2) is 0 Å². The molecule has 0 fully saturated rings. The lowest BCUT2D eigenvalue weighted by Crippen LogP contribution is -2.35. The summed E-state index contributed by atoms with van der Waals surface area (Å²) in [7, 11) is 0. The van der Waals surface area contributed by atoms with Crippen molar-refractivity contribution in [2.24, 2.45) is 0 Å². The number of hydrogen-bond donors (Lipinski definition) is 2. The average molecular weight is 190 g/mol. The number of carbonyl (C=O) groups is 1. The number of rotatable bonds is 6. The van der Waals surface area contributed by atoms with Crippen LogP contribution in [-0.4, -0.2) is 37.0 Å². The lowest BCUT2D eigenvalue weighted by molar-refractivity contribution is -0.118. The van der Waals surface area contributed by atoms with Gasteiger partial charge < -0.3 is 10.6 Å². The Hall–Kier alpha value is -0.220. The van der Waals surface area contributed by atoms with Gasteiger partial charge in [-0.05, 0) is 13.2 Å². The monoisotopic (exact) mass is 190 g/mol. The maximum atomic E-state index is 10.5. The molecular formula is C8H18N2OS. The lowest BCUT2D eigenvalue weighted by atomic mass is 10.4. The van der Waals surface area contributed by atoms with Gasteiger partial charge in [0.1, 0.15) is 0 Å². The maximum Gasteiger partial charge on any atom is 0.216 e. The molecule has 2 N–H and O–H groups in total. The third kappa shape index (κ3) is 7.88. The van der Waals surface area contributed by atoms with E-state index in [1.54, 1.807) is 0 Å². The quantitative estimate of drug-likeness (QED) is 0.598. The molecule has 0 aromatic heterocycles. The molecule has 12 heavy (non-hydrogen) atoms. The normalized spacial score (nSPS) is 12.6. The highest BCUT2D eigenvalue weighted by Gasteiger charge is 1.98. The van der Waals surface area contributed by atoms with Crippen LogP contribution in [0.15, 0.2) is 0 Å². The first-order chi connectivity index (χ1) is 5.66. The molecule has 0 aliphatic carbocycles. The first-order valence-corrected chi connectivity index (χ1v) is 5.53. The molecule has 4 heteroatoms. The van der Waals surface area contributed by atoms with Crippen molar-refractivity contribution in [1.82, 2.24) is 10.6 Å². The molecule has 0 bridgehead atoms. The Kier molecular flexibility index (Phi) is 7.29. The maximum absolute atomic E-state index is 10.5. The van der Waals surface area contributed by atoms with Crippen molar-refractivity contribution < 1.29 is 4.79 Å². The minimum Gasteiger partial charge on any atom is -0.355 e. The lowest BCUT2D eigenvalue weighted by Gasteiger charge is -2.11. The molecule has 0 saturated heterocycles. The largest absolute Gasteiger partial charge is 0.355 e. The van der Waals surface area contributed by atoms with E-state index in [0.29, 0.717) is 12.6 Å². The molecule has 3 nitrogen and oxygen atoms in total. The summed E-state index contributed by atoms with van der Waals surface area (Å²) in [5.41, 5.74) is 0. The van der Waals surface area contributed by atoms with Crippen LogP contribution < -0.4 is 10.6 Å². The van der Waals surface area contributed by atoms with E-state index in [2.05, 4.69) is 23.8 Å². The Morgan fingerprint density at radius 3 is 2.67 bits per heavy atom. The van der Waals surface area contributed by atoms with Gasteiger partial charge in [-0.15, -0.1) is 0 Å². The van der Waals surface area contributed by atoms with E-state index >= 15 is 0 Å². The molecule has 1 amide bonds. The van der Waals surface area contributed by atoms with Crippen LogP contribution in [0.3, 0.4) is 0 Å². The van der Waals surface area contributed by atoms with Gasteiger partial charge in [-0.3, -0.25) is 4.79 Å². The van der Waals surface area contributed by atoms with E-state index in [4.69, 9.17) is 0 Å². The molecule has 0 rings (SSSR count). The SMILES string of the molecule is CSCC(C)NCCNC(C)=O. The van der Waals surface area contributed by atoms with Gasteiger partial charge in [0.2, 0.25) is 5.91 Å². The second kappa shape index (κ2) is 7.43. The van der Waals surface area contributed by atoms with Gasteiger partial charge >= 0.3 is 0 Å². The Morgan fingerprint density at radius 2 is 2.17 bits per heavy atom. The fourth-order valence-corrected chi connectivity index (χ4v) is 1.48.